The van der Waals surface area contributed by atoms with Gasteiger partial charge in [-0.05, 0) is 74.1 Å². The van der Waals surface area contributed by atoms with Crippen LogP contribution in [-0.4, -0.2) is 30.4 Å². The number of thioether (sulfide) groups is 1. The maximum absolute atomic E-state index is 13.1. The van der Waals surface area contributed by atoms with E-state index in [4.69, 9.17) is 21.1 Å². The van der Waals surface area contributed by atoms with Crippen molar-refractivity contribution in [1.29, 1.82) is 0 Å². The van der Waals surface area contributed by atoms with Gasteiger partial charge in [-0.1, -0.05) is 36.0 Å². The zero-order valence-electron chi connectivity index (χ0n) is 18.0. The number of ether oxygens (including phenoxy) is 1. The van der Waals surface area contributed by atoms with Crippen molar-refractivity contribution in [2.45, 2.75) is 18.7 Å². The van der Waals surface area contributed by atoms with Crippen molar-refractivity contribution >= 4 is 50.4 Å². The van der Waals surface area contributed by atoms with E-state index in [1.165, 1.54) is 42.1 Å². The molecule has 170 valence electrons. The molecule has 1 fully saturated rings. The topological polar surface area (TPSA) is 77.8 Å². The van der Waals surface area contributed by atoms with E-state index in [-0.39, 0.29) is 22.3 Å². The highest BCUT2D eigenvalue weighted by Gasteiger charge is 2.34. The van der Waals surface area contributed by atoms with Crippen molar-refractivity contribution in [3.63, 3.8) is 0 Å². The van der Waals surface area contributed by atoms with E-state index >= 15 is 0 Å². The predicted octanol–water partition coefficient (Wildman–Crippen LogP) is 4.42. The number of carbonyl (C=O) groups is 1. The average Bonchev–Trinajstić information content (AvgIpc) is 3.26. The third kappa shape index (κ3) is 4.54. The predicted molar refractivity (Wildman–Crippen MR) is 133 cm³/mol. The molecule has 1 aliphatic heterocycles. The van der Waals surface area contributed by atoms with E-state index in [1.54, 1.807) is 41.1 Å². The minimum absolute atomic E-state index is 0.0374. The Balaban J connectivity index is 1.62. The van der Waals surface area contributed by atoms with Gasteiger partial charge in [0.25, 0.3) is 5.91 Å². The Bertz CT molecular complexity index is 1360. The lowest BCUT2D eigenvalue weighted by molar-refractivity contribution is -0.114. The molecule has 0 radical (unpaired) electrons. The van der Waals surface area contributed by atoms with Crippen LogP contribution in [0.25, 0.3) is 6.08 Å². The molecule has 3 aromatic rings. The summed E-state index contributed by atoms with van der Waals surface area (Å²) in [6.07, 6.45) is 1.69. The minimum atomic E-state index is -4.02. The van der Waals surface area contributed by atoms with Crippen LogP contribution < -0.4 is 13.9 Å². The number of carbonyl (C=O) groups excluding carboxylic acids is 1. The average molecular weight is 501 g/mol. The van der Waals surface area contributed by atoms with E-state index in [0.717, 1.165) is 11.4 Å². The van der Waals surface area contributed by atoms with Gasteiger partial charge >= 0.3 is 10.1 Å². The van der Waals surface area contributed by atoms with E-state index in [0.29, 0.717) is 14.8 Å². The Hall–Kier alpha value is -3.08. The summed E-state index contributed by atoms with van der Waals surface area (Å²) in [5.41, 5.74) is 2.43. The monoisotopic (exact) mass is 500 g/mol. The molecule has 1 saturated heterocycles. The molecule has 2 heterocycles. The molecule has 4 rings (SSSR count). The SMILES string of the molecule is COc1cc(/C=C2\SC(=S)N(n3c(C)ccc3C)C2=O)ccc1OS(=O)(=O)c1ccccc1. The summed E-state index contributed by atoms with van der Waals surface area (Å²) in [6.45, 7) is 3.81. The van der Waals surface area contributed by atoms with Gasteiger partial charge < -0.3 is 8.92 Å². The number of hydrogen-bond acceptors (Lipinski definition) is 7. The fraction of sp³-hybridized carbons (Fsp3) is 0.130. The summed E-state index contributed by atoms with van der Waals surface area (Å²) in [5.74, 6) is 0.0267. The lowest BCUT2D eigenvalue weighted by Gasteiger charge is -2.20. The highest BCUT2D eigenvalue weighted by molar-refractivity contribution is 8.27. The minimum Gasteiger partial charge on any atom is -0.493 e. The van der Waals surface area contributed by atoms with Crippen molar-refractivity contribution in [3.8, 4) is 11.5 Å². The molecule has 10 heteroatoms. The number of aromatic nitrogens is 1. The van der Waals surface area contributed by atoms with Crippen LogP contribution in [0.4, 0.5) is 0 Å². The van der Waals surface area contributed by atoms with Crippen molar-refractivity contribution < 1.29 is 22.1 Å². The molecule has 2 aromatic carbocycles. The third-order valence-electron chi connectivity index (χ3n) is 4.92. The lowest BCUT2D eigenvalue weighted by Crippen LogP contribution is -2.39. The van der Waals surface area contributed by atoms with Gasteiger partial charge in [-0.2, -0.15) is 13.4 Å². The molecular weight excluding hydrogens is 480 g/mol. The largest absolute Gasteiger partial charge is 0.493 e. The first-order chi connectivity index (χ1) is 15.7. The van der Waals surface area contributed by atoms with Crippen LogP contribution in [0.1, 0.15) is 17.0 Å². The first kappa shape index (κ1) is 23.1. The van der Waals surface area contributed by atoms with Crippen molar-refractivity contribution in [2.75, 3.05) is 12.1 Å². The van der Waals surface area contributed by atoms with Gasteiger partial charge in [-0.25, -0.2) is 0 Å². The van der Waals surface area contributed by atoms with Crippen LogP contribution >= 0.6 is 24.0 Å². The normalized spacial score (nSPS) is 15.4. The van der Waals surface area contributed by atoms with Crippen LogP contribution in [0, 0.1) is 13.8 Å². The first-order valence-electron chi connectivity index (χ1n) is 9.82. The second kappa shape index (κ2) is 9.05. The summed E-state index contributed by atoms with van der Waals surface area (Å²) >= 11 is 6.65. The molecule has 0 N–H and O–H groups in total. The van der Waals surface area contributed by atoms with E-state index < -0.39 is 10.1 Å². The van der Waals surface area contributed by atoms with E-state index in [9.17, 15) is 13.2 Å². The van der Waals surface area contributed by atoms with Crippen molar-refractivity contribution in [3.05, 3.63) is 82.5 Å². The van der Waals surface area contributed by atoms with Crippen molar-refractivity contribution in [1.82, 2.24) is 4.68 Å². The van der Waals surface area contributed by atoms with Gasteiger partial charge in [0.15, 0.2) is 15.8 Å². The van der Waals surface area contributed by atoms with E-state index in [1.807, 2.05) is 26.0 Å². The Morgan fingerprint density at radius 3 is 2.27 bits per heavy atom. The van der Waals surface area contributed by atoms with Gasteiger partial charge in [0.2, 0.25) is 0 Å². The Morgan fingerprint density at radius 2 is 1.64 bits per heavy atom. The Labute approximate surface area is 201 Å². The number of benzene rings is 2. The van der Waals surface area contributed by atoms with Gasteiger partial charge in [0.1, 0.15) is 4.90 Å². The number of rotatable bonds is 6. The second-order valence-corrected chi connectivity index (χ2v) is 10.4. The summed E-state index contributed by atoms with van der Waals surface area (Å²) < 4.78 is 37.9. The molecule has 0 bridgehead atoms. The zero-order chi connectivity index (χ0) is 23.8. The van der Waals surface area contributed by atoms with Crippen LogP contribution in [0.5, 0.6) is 11.5 Å². The Kier molecular flexibility index (Phi) is 6.33. The zero-order valence-corrected chi connectivity index (χ0v) is 20.5. The fourth-order valence-electron chi connectivity index (χ4n) is 3.36. The Morgan fingerprint density at radius 1 is 0.970 bits per heavy atom. The van der Waals surface area contributed by atoms with Crippen LogP contribution in [0.3, 0.4) is 0 Å². The van der Waals surface area contributed by atoms with Gasteiger partial charge in [-0.3, -0.25) is 9.47 Å². The van der Waals surface area contributed by atoms with Crippen molar-refractivity contribution in [2.24, 2.45) is 0 Å². The second-order valence-electron chi connectivity index (χ2n) is 7.18. The summed E-state index contributed by atoms with van der Waals surface area (Å²) in [4.78, 5) is 13.6. The van der Waals surface area contributed by atoms with Crippen LogP contribution in [0.15, 0.2) is 70.5 Å². The number of methoxy groups -OCH3 is 1. The van der Waals surface area contributed by atoms with Gasteiger partial charge in [-0.15, -0.1) is 0 Å². The van der Waals surface area contributed by atoms with Crippen LogP contribution in [0.2, 0.25) is 0 Å². The molecular formula is C23H20N2O5S3. The molecule has 0 atom stereocenters. The molecule has 0 aliphatic carbocycles. The van der Waals surface area contributed by atoms with E-state index in [2.05, 4.69) is 0 Å². The maximum atomic E-state index is 13.1. The molecule has 1 amide bonds. The molecule has 0 unspecified atom stereocenters. The van der Waals surface area contributed by atoms with Crippen LogP contribution in [-0.2, 0) is 14.9 Å². The molecule has 1 aromatic heterocycles. The quantitative estimate of drug-likeness (QED) is 0.282. The highest BCUT2D eigenvalue weighted by atomic mass is 32.2. The molecule has 7 nitrogen and oxygen atoms in total. The first-order valence-corrected chi connectivity index (χ1v) is 12.5. The third-order valence-corrected chi connectivity index (χ3v) is 7.46. The number of thiocarbonyl (C=S) groups is 1. The number of hydrogen-bond donors (Lipinski definition) is 0. The molecule has 1 aliphatic rings. The standard InChI is InChI=1S/C23H20N2O5S3/c1-15-9-10-16(2)24(15)25-22(26)21(32-23(25)31)14-17-11-12-19(20(13-17)29-3)30-33(27,28)18-7-5-4-6-8-18/h4-14H,1-3H3/b21-14-. The maximum Gasteiger partial charge on any atom is 0.339 e. The number of aryl methyl sites for hydroxylation is 2. The number of amides is 1. The highest BCUT2D eigenvalue weighted by Crippen LogP contribution is 2.35. The van der Waals surface area contributed by atoms with Gasteiger partial charge in [0.05, 0.1) is 12.0 Å². The van der Waals surface area contributed by atoms with Gasteiger partial charge in [0, 0.05) is 11.4 Å². The summed E-state index contributed by atoms with van der Waals surface area (Å²) in [6, 6.07) is 16.4. The lowest BCUT2D eigenvalue weighted by atomic mass is 10.2. The summed E-state index contributed by atoms with van der Waals surface area (Å²) in [7, 11) is -2.60. The molecule has 0 saturated carbocycles. The molecule has 33 heavy (non-hydrogen) atoms. The molecule has 0 spiro atoms. The smallest absolute Gasteiger partial charge is 0.339 e. The number of nitrogens with zero attached hydrogens (tertiary/aromatic N) is 2. The summed E-state index contributed by atoms with van der Waals surface area (Å²) in [5, 5.41) is 1.47. The fourth-order valence-corrected chi connectivity index (χ4v) is 5.56.